The zero-order chi connectivity index (χ0) is 13.1. The van der Waals surface area contributed by atoms with Gasteiger partial charge >= 0.3 is 0 Å². The van der Waals surface area contributed by atoms with Crippen molar-refractivity contribution in [2.45, 2.75) is 20.4 Å². The molecule has 0 radical (unpaired) electrons. The molecule has 1 heterocycles. The van der Waals surface area contributed by atoms with Crippen LogP contribution in [0.2, 0.25) is 0 Å². The first-order chi connectivity index (χ1) is 8.63. The van der Waals surface area contributed by atoms with Gasteiger partial charge < -0.3 is 5.32 Å². The second kappa shape index (κ2) is 5.27. The average molecular weight is 251 g/mol. The van der Waals surface area contributed by atoms with E-state index >= 15 is 0 Å². The zero-order valence-electron chi connectivity index (χ0n) is 10.4. The van der Waals surface area contributed by atoms with Crippen LogP contribution in [0.15, 0.2) is 24.4 Å². The summed E-state index contributed by atoms with van der Waals surface area (Å²) in [7, 11) is 0. The number of rotatable bonds is 4. The third-order valence-corrected chi connectivity index (χ3v) is 2.81. The minimum absolute atomic E-state index is 0.261. The number of nitrogens with one attached hydrogen (secondary N) is 1. The van der Waals surface area contributed by atoms with E-state index in [0.29, 0.717) is 6.54 Å². The van der Waals surface area contributed by atoms with Gasteiger partial charge in [-0.1, -0.05) is 6.92 Å². The molecule has 1 aromatic carbocycles. The molecular weight excluding hydrogens is 236 g/mol. The van der Waals surface area contributed by atoms with Crippen LogP contribution in [0.1, 0.15) is 18.2 Å². The molecule has 0 aliphatic heterocycles. The summed E-state index contributed by atoms with van der Waals surface area (Å²) in [4.78, 5) is 0. The van der Waals surface area contributed by atoms with Gasteiger partial charge in [0.1, 0.15) is 11.5 Å². The number of hydrogen-bond acceptors (Lipinski definition) is 2. The van der Waals surface area contributed by atoms with Crippen LogP contribution in [0, 0.1) is 18.6 Å². The fraction of sp³-hybridized carbons (Fsp3) is 0.308. The van der Waals surface area contributed by atoms with Gasteiger partial charge in [-0.2, -0.15) is 5.10 Å². The summed E-state index contributed by atoms with van der Waals surface area (Å²) < 4.78 is 28.0. The molecule has 18 heavy (non-hydrogen) atoms. The molecule has 5 heteroatoms. The Morgan fingerprint density at radius 2 is 2.11 bits per heavy atom. The molecule has 0 atom stereocenters. The normalized spacial score (nSPS) is 10.9. The lowest BCUT2D eigenvalue weighted by Crippen LogP contribution is -2.12. The van der Waals surface area contributed by atoms with E-state index in [0.717, 1.165) is 23.9 Å². The lowest BCUT2D eigenvalue weighted by atomic mass is 10.2. The van der Waals surface area contributed by atoms with E-state index in [4.69, 9.17) is 0 Å². The van der Waals surface area contributed by atoms with Crippen LogP contribution in [0.3, 0.4) is 0 Å². The molecule has 0 aliphatic carbocycles. The number of hydrogen-bond donors (Lipinski definition) is 1. The van der Waals surface area contributed by atoms with Gasteiger partial charge in [-0.25, -0.2) is 13.5 Å². The molecule has 0 aliphatic rings. The van der Waals surface area contributed by atoms with Gasteiger partial charge in [-0.3, -0.25) is 0 Å². The topological polar surface area (TPSA) is 29.9 Å². The quantitative estimate of drug-likeness (QED) is 0.905. The van der Waals surface area contributed by atoms with Crippen LogP contribution < -0.4 is 5.32 Å². The van der Waals surface area contributed by atoms with Gasteiger partial charge in [0.2, 0.25) is 0 Å². The Morgan fingerprint density at radius 3 is 2.78 bits per heavy atom. The van der Waals surface area contributed by atoms with Crippen molar-refractivity contribution in [1.82, 2.24) is 15.1 Å². The first-order valence-corrected chi connectivity index (χ1v) is 5.83. The highest BCUT2D eigenvalue weighted by Gasteiger charge is 2.11. The largest absolute Gasteiger partial charge is 0.313 e. The first-order valence-electron chi connectivity index (χ1n) is 5.83. The van der Waals surface area contributed by atoms with Crippen molar-refractivity contribution < 1.29 is 8.78 Å². The van der Waals surface area contributed by atoms with Crippen LogP contribution in [0.4, 0.5) is 8.78 Å². The average Bonchev–Trinajstić information content (AvgIpc) is 2.68. The summed E-state index contributed by atoms with van der Waals surface area (Å²) in [5, 5.41) is 7.33. The number of benzene rings is 1. The number of nitrogens with zero attached hydrogens (tertiary/aromatic N) is 2. The van der Waals surface area contributed by atoms with E-state index in [-0.39, 0.29) is 5.69 Å². The molecule has 0 saturated heterocycles. The summed E-state index contributed by atoms with van der Waals surface area (Å²) in [6.07, 6.45) is 1.70. The predicted molar refractivity (Wildman–Crippen MR) is 65.6 cm³/mol. The Balaban J connectivity index is 2.36. The van der Waals surface area contributed by atoms with Crippen molar-refractivity contribution in [2.24, 2.45) is 0 Å². The maximum atomic E-state index is 13.7. The second-order valence-corrected chi connectivity index (χ2v) is 4.04. The fourth-order valence-electron chi connectivity index (χ4n) is 1.77. The van der Waals surface area contributed by atoms with Gasteiger partial charge in [0.15, 0.2) is 5.82 Å². The Kier molecular flexibility index (Phi) is 3.72. The van der Waals surface area contributed by atoms with Gasteiger partial charge in [0, 0.05) is 23.9 Å². The molecule has 0 bridgehead atoms. The van der Waals surface area contributed by atoms with Crippen LogP contribution in [0.25, 0.3) is 5.69 Å². The molecule has 0 saturated carbocycles. The van der Waals surface area contributed by atoms with Crippen LogP contribution in [-0.2, 0) is 6.54 Å². The van der Waals surface area contributed by atoms with E-state index in [2.05, 4.69) is 10.4 Å². The highest BCUT2D eigenvalue weighted by Crippen LogP contribution is 2.18. The number of aromatic nitrogens is 2. The van der Waals surface area contributed by atoms with E-state index < -0.39 is 11.6 Å². The van der Waals surface area contributed by atoms with E-state index in [1.165, 1.54) is 16.8 Å². The Morgan fingerprint density at radius 1 is 1.33 bits per heavy atom. The third-order valence-electron chi connectivity index (χ3n) is 2.81. The summed E-state index contributed by atoms with van der Waals surface area (Å²) >= 11 is 0. The molecule has 1 aromatic heterocycles. The summed E-state index contributed by atoms with van der Waals surface area (Å²) in [5.74, 6) is -1.20. The first kappa shape index (κ1) is 12.7. The maximum Gasteiger partial charge on any atom is 0.151 e. The highest BCUT2D eigenvalue weighted by atomic mass is 19.1. The summed E-state index contributed by atoms with van der Waals surface area (Å²) in [6.45, 7) is 5.42. The monoisotopic (exact) mass is 251 g/mol. The van der Waals surface area contributed by atoms with Crippen LogP contribution in [0.5, 0.6) is 0 Å². The third kappa shape index (κ3) is 2.41. The molecule has 2 rings (SSSR count). The molecule has 0 unspecified atom stereocenters. The second-order valence-electron chi connectivity index (χ2n) is 4.04. The molecule has 3 nitrogen and oxygen atoms in total. The molecule has 0 fully saturated rings. The fourth-order valence-corrected chi connectivity index (χ4v) is 1.77. The molecular formula is C13H15F2N3. The summed E-state index contributed by atoms with van der Waals surface area (Å²) in [6, 6.07) is 3.48. The highest BCUT2D eigenvalue weighted by molar-refractivity contribution is 5.36. The predicted octanol–water partition coefficient (Wildman–Crippen LogP) is 2.57. The lowest BCUT2D eigenvalue weighted by Gasteiger charge is -2.07. The van der Waals surface area contributed by atoms with Crippen molar-refractivity contribution in [1.29, 1.82) is 0 Å². The van der Waals surface area contributed by atoms with Crippen LogP contribution >= 0.6 is 0 Å². The molecule has 2 aromatic rings. The Hall–Kier alpha value is -1.75. The molecule has 96 valence electrons. The standard InChI is InChI=1S/C13H15F2N3/c1-3-16-7-10-8-17-18(9(10)2)13-5-4-11(14)6-12(13)15/h4-6,8,16H,3,7H2,1-2H3. The molecule has 1 N–H and O–H groups in total. The lowest BCUT2D eigenvalue weighted by molar-refractivity contribution is 0.572. The van der Waals surface area contributed by atoms with Gasteiger partial charge in [0.05, 0.1) is 6.20 Å². The van der Waals surface area contributed by atoms with Crippen molar-refractivity contribution in [3.8, 4) is 5.69 Å². The van der Waals surface area contributed by atoms with E-state index in [9.17, 15) is 8.78 Å². The van der Waals surface area contributed by atoms with Crippen molar-refractivity contribution in [3.05, 3.63) is 47.3 Å². The summed E-state index contributed by atoms with van der Waals surface area (Å²) in [5.41, 5.74) is 2.11. The van der Waals surface area contributed by atoms with E-state index in [1.54, 1.807) is 6.20 Å². The minimum atomic E-state index is -0.615. The van der Waals surface area contributed by atoms with E-state index in [1.807, 2.05) is 13.8 Å². The zero-order valence-corrected chi connectivity index (χ0v) is 10.4. The maximum absolute atomic E-state index is 13.7. The van der Waals surface area contributed by atoms with Crippen LogP contribution in [-0.4, -0.2) is 16.3 Å². The van der Waals surface area contributed by atoms with Crippen molar-refractivity contribution in [3.63, 3.8) is 0 Å². The Bertz CT molecular complexity index is 549. The van der Waals surface area contributed by atoms with Gasteiger partial charge in [-0.15, -0.1) is 0 Å². The van der Waals surface area contributed by atoms with Gasteiger partial charge in [-0.05, 0) is 25.6 Å². The van der Waals surface area contributed by atoms with Crippen molar-refractivity contribution >= 4 is 0 Å². The number of halogens is 2. The van der Waals surface area contributed by atoms with Crippen molar-refractivity contribution in [2.75, 3.05) is 6.54 Å². The smallest absolute Gasteiger partial charge is 0.151 e. The minimum Gasteiger partial charge on any atom is -0.313 e. The molecule has 0 amide bonds. The van der Waals surface area contributed by atoms with Gasteiger partial charge in [0.25, 0.3) is 0 Å². The Labute approximate surface area is 104 Å². The molecule has 0 spiro atoms. The SMILES string of the molecule is CCNCc1cnn(-c2ccc(F)cc2F)c1C.